The van der Waals surface area contributed by atoms with Crippen molar-refractivity contribution in [2.45, 2.75) is 31.0 Å². The van der Waals surface area contributed by atoms with Gasteiger partial charge in [-0.2, -0.15) is 0 Å². The summed E-state index contributed by atoms with van der Waals surface area (Å²) in [6.07, 6.45) is 0.748. The number of carboxylic acid groups (broad SMARTS) is 1. The number of amides is 1. The lowest BCUT2D eigenvalue weighted by Crippen LogP contribution is -2.50. The highest BCUT2D eigenvalue weighted by Crippen LogP contribution is 2.25. The van der Waals surface area contributed by atoms with Crippen LogP contribution in [-0.4, -0.2) is 36.2 Å². The fraction of sp³-hybridized carbons (Fsp3) is 0.300. The molecule has 0 aliphatic carbocycles. The Bertz CT molecular complexity index is 797. The summed E-state index contributed by atoms with van der Waals surface area (Å²) in [6, 6.07) is 15.3. The van der Waals surface area contributed by atoms with Gasteiger partial charge in [-0.05, 0) is 29.7 Å². The molecule has 1 heterocycles. The van der Waals surface area contributed by atoms with Crippen molar-refractivity contribution in [3.05, 3.63) is 65.7 Å². The standard InChI is InChI=1S/C20H23N3O4/c1-27-15-9-5-8-14(11-15)16-12-17(23-22-16)19(24)21-18(20(25)26)10-13-6-3-2-4-7-13/h2-9,11,16-18,22-23H,10,12H2,1H3,(H,21,24)(H,25,26). The lowest BCUT2D eigenvalue weighted by atomic mass is 10.0. The van der Waals surface area contributed by atoms with Gasteiger partial charge in [0, 0.05) is 12.5 Å². The fourth-order valence-electron chi connectivity index (χ4n) is 3.13. The maximum Gasteiger partial charge on any atom is 0.326 e. The van der Waals surface area contributed by atoms with Gasteiger partial charge in [-0.15, -0.1) is 0 Å². The highest BCUT2D eigenvalue weighted by atomic mass is 16.5. The molecule has 7 nitrogen and oxygen atoms in total. The van der Waals surface area contributed by atoms with Crippen molar-refractivity contribution in [3.8, 4) is 5.75 Å². The molecule has 3 unspecified atom stereocenters. The summed E-state index contributed by atoms with van der Waals surface area (Å²) >= 11 is 0. The van der Waals surface area contributed by atoms with E-state index in [1.165, 1.54) is 0 Å². The zero-order valence-electron chi connectivity index (χ0n) is 15.0. The number of aliphatic carboxylic acids is 1. The second-order valence-electron chi connectivity index (χ2n) is 6.50. The number of benzene rings is 2. The van der Waals surface area contributed by atoms with E-state index < -0.39 is 18.1 Å². The van der Waals surface area contributed by atoms with E-state index in [-0.39, 0.29) is 18.4 Å². The highest BCUT2D eigenvalue weighted by molar-refractivity contribution is 5.87. The summed E-state index contributed by atoms with van der Waals surface area (Å²) in [7, 11) is 1.61. The van der Waals surface area contributed by atoms with Gasteiger partial charge in [0.05, 0.1) is 7.11 Å². The topological polar surface area (TPSA) is 99.7 Å². The Hall–Kier alpha value is -2.90. The van der Waals surface area contributed by atoms with E-state index in [4.69, 9.17) is 4.74 Å². The number of carbonyl (C=O) groups excluding carboxylic acids is 1. The van der Waals surface area contributed by atoms with E-state index in [9.17, 15) is 14.7 Å². The number of hydrogen-bond acceptors (Lipinski definition) is 5. The van der Waals surface area contributed by atoms with Gasteiger partial charge in [-0.25, -0.2) is 15.6 Å². The molecule has 1 amide bonds. The predicted molar refractivity (Wildman–Crippen MR) is 100 cm³/mol. The number of ether oxygens (including phenoxy) is 1. The van der Waals surface area contributed by atoms with E-state index in [1.54, 1.807) is 7.11 Å². The average Bonchev–Trinajstić information content (AvgIpc) is 3.18. The minimum atomic E-state index is -1.05. The van der Waals surface area contributed by atoms with E-state index in [0.29, 0.717) is 6.42 Å². The molecule has 2 aromatic carbocycles. The monoisotopic (exact) mass is 369 g/mol. The van der Waals surface area contributed by atoms with Gasteiger partial charge in [0.15, 0.2) is 0 Å². The summed E-state index contributed by atoms with van der Waals surface area (Å²) < 4.78 is 5.23. The second-order valence-corrected chi connectivity index (χ2v) is 6.50. The lowest BCUT2D eigenvalue weighted by molar-refractivity contribution is -0.142. The first-order chi connectivity index (χ1) is 13.1. The number of methoxy groups -OCH3 is 1. The van der Waals surface area contributed by atoms with E-state index >= 15 is 0 Å². The quantitative estimate of drug-likeness (QED) is 0.589. The van der Waals surface area contributed by atoms with Crippen molar-refractivity contribution < 1.29 is 19.4 Å². The smallest absolute Gasteiger partial charge is 0.326 e. The van der Waals surface area contributed by atoms with Crippen LogP contribution in [0.15, 0.2) is 54.6 Å². The fourth-order valence-corrected chi connectivity index (χ4v) is 3.13. The molecule has 7 heteroatoms. The Balaban J connectivity index is 1.61. The molecule has 1 fully saturated rings. The number of nitrogens with one attached hydrogen (secondary N) is 3. The van der Waals surface area contributed by atoms with Gasteiger partial charge in [-0.1, -0.05) is 42.5 Å². The van der Waals surface area contributed by atoms with Crippen molar-refractivity contribution in [1.29, 1.82) is 0 Å². The number of rotatable bonds is 7. The third-order valence-corrected chi connectivity index (χ3v) is 4.61. The average molecular weight is 369 g/mol. The second kappa shape index (κ2) is 8.66. The maximum atomic E-state index is 12.5. The van der Waals surface area contributed by atoms with Gasteiger partial charge in [0.2, 0.25) is 5.91 Å². The summed E-state index contributed by atoms with van der Waals surface area (Å²) in [5.74, 6) is -0.644. The molecular formula is C20H23N3O4. The van der Waals surface area contributed by atoms with Crippen LogP contribution in [0.4, 0.5) is 0 Å². The molecule has 3 rings (SSSR count). The molecule has 142 valence electrons. The molecule has 0 radical (unpaired) electrons. The number of carbonyl (C=O) groups is 2. The van der Waals surface area contributed by atoms with Crippen molar-refractivity contribution in [3.63, 3.8) is 0 Å². The van der Waals surface area contributed by atoms with Gasteiger partial charge in [0.1, 0.15) is 17.8 Å². The minimum Gasteiger partial charge on any atom is -0.497 e. The van der Waals surface area contributed by atoms with Crippen LogP contribution in [0, 0.1) is 0 Å². The zero-order chi connectivity index (χ0) is 19.2. The molecule has 1 aliphatic heterocycles. The number of hydrogen-bond donors (Lipinski definition) is 4. The van der Waals surface area contributed by atoms with Crippen molar-refractivity contribution in [2.75, 3.05) is 7.11 Å². The summed E-state index contributed by atoms with van der Waals surface area (Å²) in [4.78, 5) is 24.1. The van der Waals surface area contributed by atoms with Crippen LogP contribution in [-0.2, 0) is 16.0 Å². The lowest BCUT2D eigenvalue weighted by Gasteiger charge is -2.17. The van der Waals surface area contributed by atoms with E-state index in [1.807, 2.05) is 54.6 Å². The first-order valence-electron chi connectivity index (χ1n) is 8.79. The van der Waals surface area contributed by atoms with Crippen molar-refractivity contribution in [2.24, 2.45) is 0 Å². The first kappa shape index (κ1) is 18.9. The molecule has 0 saturated carbocycles. The van der Waals surface area contributed by atoms with Gasteiger partial charge in [-0.3, -0.25) is 4.79 Å². The van der Waals surface area contributed by atoms with Crippen LogP contribution in [0.1, 0.15) is 23.6 Å². The van der Waals surface area contributed by atoms with Crippen LogP contribution in [0.2, 0.25) is 0 Å². The molecule has 3 atom stereocenters. The molecule has 1 saturated heterocycles. The molecule has 4 N–H and O–H groups in total. The molecule has 0 aromatic heterocycles. The molecule has 27 heavy (non-hydrogen) atoms. The van der Waals surface area contributed by atoms with E-state index in [2.05, 4.69) is 16.2 Å². The first-order valence-corrected chi connectivity index (χ1v) is 8.79. The number of carboxylic acids is 1. The Labute approximate surface area is 157 Å². The Morgan fingerprint density at radius 1 is 1.19 bits per heavy atom. The Morgan fingerprint density at radius 2 is 1.96 bits per heavy atom. The largest absolute Gasteiger partial charge is 0.497 e. The predicted octanol–water partition coefficient (Wildman–Crippen LogP) is 1.41. The maximum absolute atomic E-state index is 12.5. The Morgan fingerprint density at radius 3 is 2.67 bits per heavy atom. The summed E-state index contributed by atoms with van der Waals surface area (Å²) in [6.45, 7) is 0. The Kier molecular flexibility index (Phi) is 6.05. The molecule has 0 spiro atoms. The van der Waals surface area contributed by atoms with Gasteiger partial charge in [0.25, 0.3) is 0 Å². The van der Waals surface area contributed by atoms with Gasteiger partial charge >= 0.3 is 5.97 Å². The SMILES string of the molecule is COc1cccc(C2CC(C(=O)NC(Cc3ccccc3)C(=O)O)NN2)c1. The number of hydrazine groups is 1. The molecular weight excluding hydrogens is 346 g/mol. The van der Waals surface area contributed by atoms with Crippen LogP contribution in [0.5, 0.6) is 5.75 Å². The highest BCUT2D eigenvalue weighted by Gasteiger charge is 2.32. The van der Waals surface area contributed by atoms with Crippen LogP contribution < -0.4 is 20.9 Å². The minimum absolute atomic E-state index is 0.0618. The summed E-state index contributed by atoms with van der Waals surface area (Å²) in [5, 5.41) is 12.1. The molecule has 2 aromatic rings. The van der Waals surface area contributed by atoms with Crippen LogP contribution in [0.25, 0.3) is 0 Å². The molecule has 0 bridgehead atoms. The van der Waals surface area contributed by atoms with E-state index in [0.717, 1.165) is 16.9 Å². The van der Waals surface area contributed by atoms with Crippen LogP contribution >= 0.6 is 0 Å². The summed E-state index contributed by atoms with van der Waals surface area (Å²) in [5.41, 5.74) is 7.90. The third kappa shape index (κ3) is 4.84. The van der Waals surface area contributed by atoms with Gasteiger partial charge < -0.3 is 15.2 Å². The van der Waals surface area contributed by atoms with Crippen molar-refractivity contribution in [1.82, 2.24) is 16.2 Å². The zero-order valence-corrected chi connectivity index (χ0v) is 15.0. The van der Waals surface area contributed by atoms with Crippen LogP contribution in [0.3, 0.4) is 0 Å². The molecule has 1 aliphatic rings. The normalized spacial score (nSPS) is 20.0. The third-order valence-electron chi connectivity index (χ3n) is 4.61. The van der Waals surface area contributed by atoms with Crippen molar-refractivity contribution >= 4 is 11.9 Å².